The molecule has 0 aliphatic carbocycles. The lowest BCUT2D eigenvalue weighted by Gasteiger charge is -2.14. The van der Waals surface area contributed by atoms with Gasteiger partial charge in [-0.1, -0.05) is 19.8 Å². The SMILES string of the molecule is CCCCCN(C)C(=O)c1cc(S(=O)(=O)Cl)c(Br)o1. The fraction of sp³-hybridized carbons (Fsp3) is 0.545. The first kappa shape index (κ1) is 16.5. The van der Waals surface area contributed by atoms with Crippen molar-refractivity contribution >= 4 is 41.6 Å². The molecule has 0 spiro atoms. The molecule has 0 N–H and O–H groups in total. The molecule has 0 aromatic carbocycles. The molecule has 1 heterocycles. The van der Waals surface area contributed by atoms with Gasteiger partial charge in [0.05, 0.1) is 0 Å². The van der Waals surface area contributed by atoms with E-state index in [2.05, 4.69) is 22.9 Å². The van der Waals surface area contributed by atoms with E-state index in [4.69, 9.17) is 15.1 Å². The van der Waals surface area contributed by atoms with Crippen molar-refractivity contribution in [1.29, 1.82) is 0 Å². The number of hydrogen-bond acceptors (Lipinski definition) is 4. The molecular weight excluding hydrogens is 358 g/mol. The highest BCUT2D eigenvalue weighted by Gasteiger charge is 2.24. The Bertz CT molecular complexity index is 555. The Hall–Kier alpha value is -0.530. The minimum absolute atomic E-state index is 0.0508. The number of halogens is 2. The zero-order chi connectivity index (χ0) is 14.6. The van der Waals surface area contributed by atoms with Crippen molar-refractivity contribution in [3.63, 3.8) is 0 Å². The van der Waals surface area contributed by atoms with Crippen LogP contribution >= 0.6 is 26.6 Å². The molecule has 0 unspecified atom stereocenters. The lowest BCUT2D eigenvalue weighted by atomic mass is 10.2. The van der Waals surface area contributed by atoms with Crippen molar-refractivity contribution in [3.8, 4) is 0 Å². The van der Waals surface area contributed by atoms with Crippen molar-refractivity contribution in [3.05, 3.63) is 16.5 Å². The fourth-order valence-electron chi connectivity index (χ4n) is 1.51. The van der Waals surface area contributed by atoms with Crippen LogP contribution in [0.4, 0.5) is 0 Å². The highest BCUT2D eigenvalue weighted by atomic mass is 79.9. The van der Waals surface area contributed by atoms with E-state index < -0.39 is 9.05 Å². The number of amides is 1. The molecule has 0 saturated heterocycles. The second-order valence-electron chi connectivity index (χ2n) is 4.12. The second-order valence-corrected chi connectivity index (χ2v) is 7.37. The molecule has 0 aliphatic rings. The summed E-state index contributed by atoms with van der Waals surface area (Å²) in [6, 6.07) is 1.13. The van der Waals surface area contributed by atoms with E-state index in [0.717, 1.165) is 25.3 Å². The Morgan fingerprint density at radius 2 is 2.11 bits per heavy atom. The summed E-state index contributed by atoms with van der Waals surface area (Å²) >= 11 is 2.93. The zero-order valence-electron chi connectivity index (χ0n) is 10.7. The van der Waals surface area contributed by atoms with Gasteiger partial charge in [0.2, 0.25) is 0 Å². The van der Waals surface area contributed by atoms with Gasteiger partial charge in [-0.2, -0.15) is 0 Å². The number of hydrogen-bond donors (Lipinski definition) is 0. The number of furan rings is 1. The summed E-state index contributed by atoms with van der Waals surface area (Å²) in [6.45, 7) is 2.66. The van der Waals surface area contributed by atoms with Gasteiger partial charge >= 0.3 is 0 Å². The average molecular weight is 373 g/mol. The van der Waals surface area contributed by atoms with Crippen LogP contribution < -0.4 is 0 Å². The van der Waals surface area contributed by atoms with Gasteiger partial charge in [-0.05, 0) is 22.4 Å². The molecule has 0 atom stereocenters. The van der Waals surface area contributed by atoms with Gasteiger partial charge in [0.15, 0.2) is 10.4 Å². The zero-order valence-corrected chi connectivity index (χ0v) is 13.8. The quantitative estimate of drug-likeness (QED) is 0.568. The third-order valence-electron chi connectivity index (χ3n) is 2.57. The highest BCUT2D eigenvalue weighted by Crippen LogP contribution is 2.29. The number of unbranched alkanes of at least 4 members (excludes halogenated alkanes) is 2. The van der Waals surface area contributed by atoms with Gasteiger partial charge in [-0.25, -0.2) is 8.42 Å². The minimum atomic E-state index is -3.93. The minimum Gasteiger partial charge on any atom is -0.443 e. The van der Waals surface area contributed by atoms with Crippen LogP contribution in [0.15, 0.2) is 20.0 Å². The summed E-state index contributed by atoms with van der Waals surface area (Å²) in [5.74, 6) is -0.423. The molecular formula is C11H15BrClNO4S. The van der Waals surface area contributed by atoms with Gasteiger partial charge in [0.25, 0.3) is 15.0 Å². The van der Waals surface area contributed by atoms with Gasteiger partial charge in [0, 0.05) is 30.3 Å². The Morgan fingerprint density at radius 1 is 1.47 bits per heavy atom. The molecule has 1 aromatic rings. The first-order chi connectivity index (χ1) is 8.77. The smallest absolute Gasteiger partial charge is 0.289 e. The molecule has 0 fully saturated rings. The molecule has 8 heteroatoms. The summed E-state index contributed by atoms with van der Waals surface area (Å²) in [5, 5.41) is 0. The molecule has 108 valence electrons. The molecule has 19 heavy (non-hydrogen) atoms. The molecule has 1 amide bonds. The van der Waals surface area contributed by atoms with Gasteiger partial charge in [0.1, 0.15) is 4.90 Å². The van der Waals surface area contributed by atoms with E-state index in [0.29, 0.717) is 6.54 Å². The second kappa shape index (κ2) is 6.76. The van der Waals surface area contributed by atoms with E-state index in [1.54, 1.807) is 7.05 Å². The largest absolute Gasteiger partial charge is 0.443 e. The maximum Gasteiger partial charge on any atom is 0.289 e. The Morgan fingerprint density at radius 3 is 2.58 bits per heavy atom. The van der Waals surface area contributed by atoms with Crippen LogP contribution in [0.3, 0.4) is 0 Å². The summed E-state index contributed by atoms with van der Waals surface area (Å²) < 4.78 is 27.5. The predicted molar refractivity (Wildman–Crippen MR) is 75.9 cm³/mol. The van der Waals surface area contributed by atoms with Crippen molar-refractivity contribution in [2.45, 2.75) is 31.1 Å². The maximum atomic E-state index is 12.0. The Balaban J connectivity index is 2.84. The molecule has 0 radical (unpaired) electrons. The molecule has 0 aliphatic heterocycles. The molecule has 0 saturated carbocycles. The van der Waals surface area contributed by atoms with E-state index in [9.17, 15) is 13.2 Å². The molecule has 5 nitrogen and oxygen atoms in total. The number of nitrogens with zero attached hydrogens (tertiary/aromatic N) is 1. The van der Waals surface area contributed by atoms with Crippen LogP contribution in [0.25, 0.3) is 0 Å². The normalized spacial score (nSPS) is 11.6. The monoisotopic (exact) mass is 371 g/mol. The van der Waals surface area contributed by atoms with Crippen LogP contribution in [0.5, 0.6) is 0 Å². The Kier molecular flexibility index (Phi) is 5.88. The van der Waals surface area contributed by atoms with Gasteiger partial charge in [-0.15, -0.1) is 0 Å². The summed E-state index contributed by atoms with van der Waals surface area (Å²) in [4.78, 5) is 13.3. The van der Waals surface area contributed by atoms with Crippen molar-refractivity contribution in [2.24, 2.45) is 0 Å². The standard InChI is InChI=1S/C11H15BrClNO4S/c1-3-4-5-6-14(2)11(15)8-7-9(10(12)18-8)19(13,16)17/h7H,3-6H2,1-2H3. The van der Waals surface area contributed by atoms with Crippen LogP contribution in [-0.4, -0.2) is 32.8 Å². The first-order valence-corrected chi connectivity index (χ1v) is 8.87. The molecule has 0 bridgehead atoms. The van der Waals surface area contributed by atoms with Gasteiger partial charge < -0.3 is 9.32 Å². The van der Waals surface area contributed by atoms with E-state index in [1.165, 1.54) is 4.90 Å². The molecule has 1 rings (SSSR count). The number of rotatable bonds is 6. The average Bonchev–Trinajstić information content (AvgIpc) is 2.70. The third kappa shape index (κ3) is 4.50. The van der Waals surface area contributed by atoms with Crippen LogP contribution in [0.2, 0.25) is 0 Å². The molecule has 1 aromatic heterocycles. The van der Waals surface area contributed by atoms with E-state index in [-0.39, 0.29) is 21.2 Å². The number of carbonyl (C=O) groups excluding carboxylic acids is 1. The van der Waals surface area contributed by atoms with E-state index in [1.807, 2.05) is 0 Å². The topological polar surface area (TPSA) is 67.6 Å². The lowest BCUT2D eigenvalue weighted by molar-refractivity contribution is 0.0760. The third-order valence-corrected chi connectivity index (χ3v) is 4.75. The van der Waals surface area contributed by atoms with Crippen LogP contribution in [0.1, 0.15) is 36.7 Å². The summed E-state index contributed by atoms with van der Waals surface area (Å²) in [6.07, 6.45) is 2.98. The van der Waals surface area contributed by atoms with E-state index >= 15 is 0 Å². The number of carbonyl (C=O) groups is 1. The summed E-state index contributed by atoms with van der Waals surface area (Å²) in [7, 11) is 2.93. The fourth-order valence-corrected chi connectivity index (χ4v) is 3.55. The van der Waals surface area contributed by atoms with Crippen molar-refractivity contribution in [2.75, 3.05) is 13.6 Å². The van der Waals surface area contributed by atoms with Gasteiger partial charge in [-0.3, -0.25) is 4.79 Å². The Labute approximate surface area is 125 Å². The van der Waals surface area contributed by atoms with Crippen molar-refractivity contribution in [1.82, 2.24) is 4.90 Å². The van der Waals surface area contributed by atoms with Crippen molar-refractivity contribution < 1.29 is 17.6 Å². The van der Waals surface area contributed by atoms with Crippen LogP contribution in [-0.2, 0) is 9.05 Å². The highest BCUT2D eigenvalue weighted by molar-refractivity contribution is 9.10. The lowest BCUT2D eigenvalue weighted by Crippen LogP contribution is -2.27. The van der Waals surface area contributed by atoms with Crippen LogP contribution in [0, 0.1) is 0 Å². The summed E-state index contributed by atoms with van der Waals surface area (Å²) in [5.41, 5.74) is 0. The first-order valence-electron chi connectivity index (χ1n) is 5.76. The maximum absolute atomic E-state index is 12.0. The predicted octanol–water partition coefficient (Wildman–Crippen LogP) is 3.23.